The van der Waals surface area contributed by atoms with Crippen LogP contribution in [0.5, 0.6) is 5.75 Å². The van der Waals surface area contributed by atoms with Gasteiger partial charge in [0, 0.05) is 6.42 Å². The SMILES string of the molecule is CC(C)CCSc1c(OC2CCCCO2)cccc1C(F)(F)F. The lowest BCUT2D eigenvalue weighted by Crippen LogP contribution is -2.25. The van der Waals surface area contributed by atoms with E-state index in [1.54, 1.807) is 6.07 Å². The summed E-state index contributed by atoms with van der Waals surface area (Å²) in [7, 11) is 0. The minimum Gasteiger partial charge on any atom is -0.464 e. The van der Waals surface area contributed by atoms with Gasteiger partial charge in [-0.05, 0) is 43.1 Å². The summed E-state index contributed by atoms with van der Waals surface area (Å²) in [6, 6.07) is 4.12. The van der Waals surface area contributed by atoms with Gasteiger partial charge in [-0.2, -0.15) is 13.2 Å². The van der Waals surface area contributed by atoms with Crippen LogP contribution >= 0.6 is 11.8 Å². The molecule has 1 atom stereocenters. The molecule has 1 aliphatic heterocycles. The van der Waals surface area contributed by atoms with E-state index in [0.29, 0.717) is 24.7 Å². The van der Waals surface area contributed by atoms with Crippen LogP contribution in [0.3, 0.4) is 0 Å². The normalized spacial score (nSPS) is 19.1. The number of rotatable bonds is 6. The molecule has 1 fully saturated rings. The Morgan fingerprint density at radius 1 is 1.30 bits per heavy atom. The molecule has 1 aromatic rings. The maximum Gasteiger partial charge on any atom is 0.417 e. The third-order valence-electron chi connectivity index (χ3n) is 3.62. The van der Waals surface area contributed by atoms with Crippen molar-refractivity contribution in [2.24, 2.45) is 5.92 Å². The molecule has 0 aromatic heterocycles. The van der Waals surface area contributed by atoms with Gasteiger partial charge < -0.3 is 9.47 Å². The number of benzene rings is 1. The van der Waals surface area contributed by atoms with Crippen LogP contribution < -0.4 is 4.74 Å². The fourth-order valence-electron chi connectivity index (χ4n) is 2.32. The van der Waals surface area contributed by atoms with E-state index in [2.05, 4.69) is 13.8 Å². The second-order valence-corrected chi connectivity index (χ2v) is 7.18. The Kier molecular flexibility index (Phi) is 6.65. The summed E-state index contributed by atoms with van der Waals surface area (Å²) >= 11 is 1.22. The first-order valence-electron chi connectivity index (χ1n) is 7.99. The summed E-state index contributed by atoms with van der Waals surface area (Å²) in [5.74, 6) is 1.36. The van der Waals surface area contributed by atoms with Crippen LogP contribution in [0, 0.1) is 5.92 Å². The molecule has 2 rings (SSSR count). The first kappa shape index (κ1) is 18.5. The molecule has 23 heavy (non-hydrogen) atoms. The third-order valence-corrected chi connectivity index (χ3v) is 4.77. The van der Waals surface area contributed by atoms with E-state index in [1.807, 2.05) is 0 Å². The highest BCUT2D eigenvalue weighted by atomic mass is 32.2. The van der Waals surface area contributed by atoms with E-state index >= 15 is 0 Å². The molecule has 1 aromatic carbocycles. The van der Waals surface area contributed by atoms with Crippen molar-refractivity contribution >= 4 is 11.8 Å². The zero-order valence-electron chi connectivity index (χ0n) is 13.5. The Labute approximate surface area is 139 Å². The van der Waals surface area contributed by atoms with Crippen molar-refractivity contribution in [3.8, 4) is 5.75 Å². The monoisotopic (exact) mass is 348 g/mol. The smallest absolute Gasteiger partial charge is 0.417 e. The lowest BCUT2D eigenvalue weighted by molar-refractivity contribution is -0.141. The fourth-order valence-corrected chi connectivity index (χ4v) is 3.71. The fraction of sp³-hybridized carbons (Fsp3) is 0.647. The molecule has 130 valence electrons. The Balaban J connectivity index is 2.20. The van der Waals surface area contributed by atoms with Crippen molar-refractivity contribution in [2.45, 2.75) is 56.9 Å². The summed E-state index contributed by atoms with van der Waals surface area (Å²) in [5, 5.41) is 0. The number of hydrogen-bond donors (Lipinski definition) is 0. The average molecular weight is 348 g/mol. The van der Waals surface area contributed by atoms with Crippen LogP contribution in [0.25, 0.3) is 0 Å². The molecule has 0 saturated carbocycles. The standard InChI is InChI=1S/C17H23F3O2S/c1-12(2)9-11-23-16-13(17(18,19)20)6-5-7-14(16)22-15-8-3-4-10-21-15/h5-7,12,15H,3-4,8-11H2,1-2H3. The van der Waals surface area contributed by atoms with E-state index in [9.17, 15) is 13.2 Å². The molecule has 1 saturated heterocycles. The molecule has 1 aliphatic rings. The largest absolute Gasteiger partial charge is 0.464 e. The Morgan fingerprint density at radius 3 is 2.70 bits per heavy atom. The van der Waals surface area contributed by atoms with Gasteiger partial charge in [0.1, 0.15) is 5.75 Å². The van der Waals surface area contributed by atoms with Gasteiger partial charge in [-0.15, -0.1) is 11.8 Å². The minimum atomic E-state index is -4.38. The number of hydrogen-bond acceptors (Lipinski definition) is 3. The summed E-state index contributed by atoms with van der Waals surface area (Å²) in [6.07, 6.45) is -1.32. The molecular formula is C17H23F3O2S. The van der Waals surface area contributed by atoms with E-state index < -0.39 is 18.0 Å². The molecule has 0 radical (unpaired) electrons. The van der Waals surface area contributed by atoms with Gasteiger partial charge in [0.15, 0.2) is 6.29 Å². The van der Waals surface area contributed by atoms with E-state index in [-0.39, 0.29) is 10.6 Å². The van der Waals surface area contributed by atoms with Crippen LogP contribution in [0.2, 0.25) is 0 Å². The molecule has 6 heteroatoms. The van der Waals surface area contributed by atoms with Crippen molar-refractivity contribution in [2.75, 3.05) is 12.4 Å². The number of halogens is 3. The Morgan fingerprint density at radius 2 is 2.09 bits per heavy atom. The first-order valence-corrected chi connectivity index (χ1v) is 8.97. The summed E-state index contributed by atoms with van der Waals surface area (Å²) in [6.45, 7) is 4.71. The highest BCUT2D eigenvalue weighted by molar-refractivity contribution is 7.99. The first-order chi connectivity index (χ1) is 10.9. The molecule has 1 heterocycles. The molecule has 1 unspecified atom stereocenters. The van der Waals surface area contributed by atoms with Gasteiger partial charge in [0.2, 0.25) is 0 Å². The van der Waals surface area contributed by atoms with Crippen LogP contribution in [-0.2, 0) is 10.9 Å². The van der Waals surface area contributed by atoms with Gasteiger partial charge in [-0.1, -0.05) is 19.9 Å². The highest BCUT2D eigenvalue weighted by Gasteiger charge is 2.35. The predicted molar refractivity (Wildman–Crippen MR) is 85.8 cm³/mol. The summed E-state index contributed by atoms with van der Waals surface area (Å²) < 4.78 is 51.1. The number of ether oxygens (including phenoxy) is 2. The van der Waals surface area contributed by atoms with Crippen molar-refractivity contribution < 1.29 is 22.6 Å². The second kappa shape index (κ2) is 8.29. The maximum absolute atomic E-state index is 13.3. The van der Waals surface area contributed by atoms with E-state index in [0.717, 1.165) is 25.3 Å². The molecule has 0 amide bonds. The third kappa shape index (κ3) is 5.60. The average Bonchev–Trinajstić information content (AvgIpc) is 2.48. The molecule has 0 bridgehead atoms. The Hall–Kier alpha value is -0.880. The summed E-state index contributed by atoms with van der Waals surface area (Å²) in [5.41, 5.74) is -0.625. The predicted octanol–water partition coefficient (Wildman–Crippen LogP) is 5.75. The van der Waals surface area contributed by atoms with Crippen molar-refractivity contribution in [1.82, 2.24) is 0 Å². The van der Waals surface area contributed by atoms with Gasteiger partial charge >= 0.3 is 6.18 Å². The van der Waals surface area contributed by atoms with Crippen LogP contribution in [0.4, 0.5) is 13.2 Å². The maximum atomic E-state index is 13.3. The molecule has 0 spiro atoms. The van der Waals surface area contributed by atoms with Crippen molar-refractivity contribution in [3.05, 3.63) is 23.8 Å². The second-order valence-electron chi connectivity index (χ2n) is 6.08. The topological polar surface area (TPSA) is 18.5 Å². The van der Waals surface area contributed by atoms with E-state index in [1.165, 1.54) is 17.8 Å². The van der Waals surface area contributed by atoms with Gasteiger partial charge in [0.25, 0.3) is 0 Å². The quantitative estimate of drug-likeness (QED) is 0.610. The van der Waals surface area contributed by atoms with Crippen LogP contribution in [0.15, 0.2) is 23.1 Å². The molecule has 2 nitrogen and oxygen atoms in total. The molecular weight excluding hydrogens is 325 g/mol. The lowest BCUT2D eigenvalue weighted by Gasteiger charge is -2.25. The van der Waals surface area contributed by atoms with Crippen LogP contribution in [-0.4, -0.2) is 18.6 Å². The summed E-state index contributed by atoms with van der Waals surface area (Å²) in [4.78, 5) is 0.176. The van der Waals surface area contributed by atoms with Crippen molar-refractivity contribution in [3.63, 3.8) is 0 Å². The number of alkyl halides is 3. The van der Waals surface area contributed by atoms with Gasteiger partial charge in [-0.3, -0.25) is 0 Å². The van der Waals surface area contributed by atoms with Gasteiger partial charge in [-0.25, -0.2) is 0 Å². The minimum absolute atomic E-state index is 0.176. The zero-order chi connectivity index (χ0) is 16.9. The van der Waals surface area contributed by atoms with Crippen LogP contribution in [0.1, 0.15) is 45.1 Å². The number of thioether (sulfide) groups is 1. The lowest BCUT2D eigenvalue weighted by atomic mass is 10.2. The molecule has 0 N–H and O–H groups in total. The zero-order valence-corrected chi connectivity index (χ0v) is 14.3. The van der Waals surface area contributed by atoms with Crippen molar-refractivity contribution in [1.29, 1.82) is 0 Å². The molecule has 0 aliphatic carbocycles. The van der Waals surface area contributed by atoms with E-state index in [4.69, 9.17) is 9.47 Å². The Bertz CT molecular complexity index is 497. The van der Waals surface area contributed by atoms with Gasteiger partial charge in [0.05, 0.1) is 17.1 Å². The highest BCUT2D eigenvalue weighted by Crippen LogP contribution is 2.42.